The molecule has 0 fully saturated rings. The van der Waals surface area contributed by atoms with Gasteiger partial charge in [0, 0.05) is 40.5 Å². The summed E-state index contributed by atoms with van der Waals surface area (Å²) in [4.78, 5) is 12.1. The fourth-order valence-corrected chi connectivity index (χ4v) is 4.48. The highest BCUT2D eigenvalue weighted by molar-refractivity contribution is 7.80. The van der Waals surface area contributed by atoms with Crippen molar-refractivity contribution < 1.29 is 9.90 Å². The van der Waals surface area contributed by atoms with Gasteiger partial charge in [-0.2, -0.15) is 0 Å². The lowest BCUT2D eigenvalue weighted by Crippen LogP contribution is -2.32. The van der Waals surface area contributed by atoms with Crippen LogP contribution in [0, 0.1) is 0 Å². The number of nitrogens with zero attached hydrogens (tertiary/aromatic N) is 2. The van der Waals surface area contributed by atoms with Crippen molar-refractivity contribution in [2.75, 3.05) is 7.05 Å². The fraction of sp³-hybridized carbons (Fsp3) is 0.381. The predicted octanol–water partition coefficient (Wildman–Crippen LogP) is 4.54. The van der Waals surface area contributed by atoms with Gasteiger partial charge in [-0.3, -0.25) is 4.79 Å². The first kappa shape index (κ1) is 22.5. The smallest absolute Gasteiger partial charge is 0.290 e. The third-order valence-electron chi connectivity index (χ3n) is 4.76. The second-order valence-corrected chi connectivity index (χ2v) is 8.35. The van der Waals surface area contributed by atoms with Crippen LogP contribution < -0.4 is 5.32 Å². The van der Waals surface area contributed by atoms with E-state index in [9.17, 15) is 0 Å². The molecule has 3 rings (SSSR count). The van der Waals surface area contributed by atoms with E-state index in [1.54, 1.807) is 0 Å². The van der Waals surface area contributed by atoms with E-state index in [4.69, 9.17) is 9.90 Å². The Kier molecular flexibility index (Phi) is 9.05. The SMILES string of the molecule is CCC(C)NCc1sc(C2C=CN(Cc3ccccc3)N2C)cc1S.O=CO. The third kappa shape index (κ3) is 6.10. The van der Waals surface area contributed by atoms with E-state index in [1.165, 1.54) is 15.3 Å². The van der Waals surface area contributed by atoms with Crippen LogP contribution in [0.3, 0.4) is 0 Å². The highest BCUT2D eigenvalue weighted by Gasteiger charge is 2.26. The summed E-state index contributed by atoms with van der Waals surface area (Å²) in [6, 6.07) is 13.6. The summed E-state index contributed by atoms with van der Waals surface area (Å²) in [6.07, 6.45) is 5.60. The average Bonchev–Trinajstić information content (AvgIpc) is 3.24. The second-order valence-electron chi connectivity index (χ2n) is 6.70. The zero-order valence-electron chi connectivity index (χ0n) is 16.6. The van der Waals surface area contributed by atoms with Crippen LogP contribution in [-0.4, -0.2) is 34.7 Å². The minimum Gasteiger partial charge on any atom is -0.483 e. The van der Waals surface area contributed by atoms with Crippen LogP contribution in [0.4, 0.5) is 0 Å². The second kappa shape index (κ2) is 11.3. The topological polar surface area (TPSA) is 55.8 Å². The van der Waals surface area contributed by atoms with E-state index in [1.807, 2.05) is 11.3 Å². The lowest BCUT2D eigenvalue weighted by Gasteiger charge is -2.29. The molecular formula is C21H29N3O2S2. The molecule has 0 radical (unpaired) electrons. The number of thiophene rings is 1. The summed E-state index contributed by atoms with van der Waals surface area (Å²) in [5.41, 5.74) is 1.32. The van der Waals surface area contributed by atoms with E-state index in [2.05, 4.69) is 97.5 Å². The lowest BCUT2D eigenvalue weighted by molar-refractivity contribution is -0.122. The molecule has 1 aromatic carbocycles. The number of carboxylic acid groups (broad SMARTS) is 1. The van der Waals surface area contributed by atoms with Crippen LogP contribution in [0.1, 0.15) is 41.6 Å². The molecule has 2 unspecified atom stereocenters. The summed E-state index contributed by atoms with van der Waals surface area (Å²) in [7, 11) is 2.16. The van der Waals surface area contributed by atoms with Crippen molar-refractivity contribution in [2.45, 2.75) is 50.3 Å². The molecule has 0 aliphatic carbocycles. The van der Waals surface area contributed by atoms with E-state index in [0.717, 1.165) is 24.4 Å². The Morgan fingerprint density at radius 3 is 2.68 bits per heavy atom. The largest absolute Gasteiger partial charge is 0.483 e. The zero-order chi connectivity index (χ0) is 20.5. The van der Waals surface area contributed by atoms with Crippen LogP contribution in [0.5, 0.6) is 0 Å². The van der Waals surface area contributed by atoms with Crippen LogP contribution >= 0.6 is 24.0 Å². The highest BCUT2D eigenvalue weighted by atomic mass is 32.1. The number of benzene rings is 1. The van der Waals surface area contributed by atoms with Crippen molar-refractivity contribution >= 4 is 30.4 Å². The van der Waals surface area contributed by atoms with Gasteiger partial charge in [0.15, 0.2) is 0 Å². The molecule has 2 atom stereocenters. The molecule has 0 amide bonds. The van der Waals surface area contributed by atoms with Crippen LogP contribution in [-0.2, 0) is 17.9 Å². The van der Waals surface area contributed by atoms with Gasteiger partial charge in [0.1, 0.15) is 0 Å². The standard InChI is InChI=1S/C20H27N3S2.CH2O2/c1-4-15(2)21-13-20-18(24)12-19(25-20)17-10-11-23(22(17)3)14-16-8-6-5-7-9-16;2-1-3/h5-12,15,17,21,24H,4,13-14H2,1-3H3;1H,(H,2,3). The van der Waals surface area contributed by atoms with Gasteiger partial charge in [0.25, 0.3) is 6.47 Å². The molecule has 28 heavy (non-hydrogen) atoms. The molecule has 1 aliphatic rings. The van der Waals surface area contributed by atoms with Crippen molar-refractivity contribution in [1.82, 2.24) is 15.3 Å². The first-order valence-corrected chi connectivity index (χ1v) is 10.6. The summed E-state index contributed by atoms with van der Waals surface area (Å²) in [5, 5.41) is 15.0. The summed E-state index contributed by atoms with van der Waals surface area (Å²) in [5.74, 6) is 0. The summed E-state index contributed by atoms with van der Waals surface area (Å²) < 4.78 is 0. The minimum absolute atomic E-state index is 0.250. The summed E-state index contributed by atoms with van der Waals surface area (Å²) in [6.45, 7) is 5.97. The average molecular weight is 420 g/mol. The Labute approximate surface area is 177 Å². The molecule has 2 heterocycles. The number of likely N-dealkylation sites (N-methyl/N-ethyl adjacent to an activating group) is 1. The van der Waals surface area contributed by atoms with Gasteiger partial charge in [0.2, 0.25) is 0 Å². The van der Waals surface area contributed by atoms with Gasteiger partial charge >= 0.3 is 0 Å². The number of rotatable bonds is 7. The van der Waals surface area contributed by atoms with E-state index >= 15 is 0 Å². The molecule has 2 N–H and O–H groups in total. The van der Waals surface area contributed by atoms with Crippen LogP contribution in [0.2, 0.25) is 0 Å². The quantitative estimate of drug-likeness (QED) is 0.454. The molecule has 1 aromatic heterocycles. The van der Waals surface area contributed by atoms with Crippen molar-refractivity contribution in [3.63, 3.8) is 0 Å². The van der Waals surface area contributed by atoms with Gasteiger partial charge in [-0.1, -0.05) is 37.3 Å². The molecule has 0 bridgehead atoms. The van der Waals surface area contributed by atoms with Gasteiger partial charge in [-0.15, -0.1) is 24.0 Å². The molecule has 1 aliphatic heterocycles. The highest BCUT2D eigenvalue weighted by Crippen LogP contribution is 2.36. The van der Waals surface area contributed by atoms with Crippen molar-refractivity contribution in [2.24, 2.45) is 0 Å². The molecular weight excluding hydrogens is 390 g/mol. The minimum atomic E-state index is -0.250. The van der Waals surface area contributed by atoms with Crippen LogP contribution in [0.15, 0.2) is 53.6 Å². The van der Waals surface area contributed by atoms with Gasteiger partial charge in [0.05, 0.1) is 12.6 Å². The van der Waals surface area contributed by atoms with E-state index < -0.39 is 0 Å². The maximum atomic E-state index is 8.36. The molecule has 0 spiro atoms. The zero-order valence-corrected chi connectivity index (χ0v) is 18.3. The Hall–Kier alpha value is -1.80. The maximum absolute atomic E-state index is 8.36. The van der Waals surface area contributed by atoms with Gasteiger partial charge in [-0.25, -0.2) is 5.01 Å². The number of carbonyl (C=O) groups is 1. The van der Waals surface area contributed by atoms with Gasteiger partial charge in [-0.05, 0) is 31.1 Å². The fourth-order valence-electron chi connectivity index (χ4n) is 2.91. The normalized spacial score (nSPS) is 17.3. The first-order chi connectivity index (χ1) is 13.5. The van der Waals surface area contributed by atoms with Gasteiger partial charge < -0.3 is 15.4 Å². The number of hydrogen-bond acceptors (Lipinski definition) is 6. The molecule has 0 saturated carbocycles. The van der Waals surface area contributed by atoms with Crippen molar-refractivity contribution in [1.29, 1.82) is 0 Å². The van der Waals surface area contributed by atoms with Crippen molar-refractivity contribution in [3.05, 3.63) is 64.0 Å². The number of nitrogens with one attached hydrogen (secondary N) is 1. The Morgan fingerprint density at radius 2 is 2.04 bits per heavy atom. The monoisotopic (exact) mass is 419 g/mol. The molecule has 2 aromatic rings. The van der Waals surface area contributed by atoms with E-state index in [0.29, 0.717) is 6.04 Å². The predicted molar refractivity (Wildman–Crippen MR) is 118 cm³/mol. The number of thiol groups is 1. The Balaban J connectivity index is 0.000000878. The van der Waals surface area contributed by atoms with E-state index in [-0.39, 0.29) is 12.5 Å². The third-order valence-corrected chi connectivity index (χ3v) is 6.51. The van der Waals surface area contributed by atoms with Crippen LogP contribution in [0.25, 0.3) is 0 Å². The molecule has 0 saturated heterocycles. The Bertz CT molecular complexity index is 764. The van der Waals surface area contributed by atoms with Crippen molar-refractivity contribution in [3.8, 4) is 0 Å². The molecule has 152 valence electrons. The number of hydrazine groups is 1. The molecule has 7 heteroatoms. The summed E-state index contributed by atoms with van der Waals surface area (Å²) >= 11 is 6.55. The lowest BCUT2D eigenvalue weighted by atomic mass is 10.2. The molecule has 5 nitrogen and oxygen atoms in total. The number of hydrogen-bond donors (Lipinski definition) is 3. The first-order valence-electron chi connectivity index (χ1n) is 9.34. The Morgan fingerprint density at radius 1 is 1.36 bits per heavy atom. The maximum Gasteiger partial charge on any atom is 0.290 e.